The predicted octanol–water partition coefficient (Wildman–Crippen LogP) is 0.652. The average molecular weight is 275 g/mol. The number of nitrogens with one attached hydrogen (secondary N) is 1. The van der Waals surface area contributed by atoms with Crippen molar-refractivity contribution in [3.05, 3.63) is 29.0 Å². The molecule has 17 heavy (non-hydrogen) atoms. The van der Waals surface area contributed by atoms with Crippen LogP contribution >= 0.6 is 11.6 Å². The summed E-state index contributed by atoms with van der Waals surface area (Å²) in [7, 11) is -3.00. The van der Waals surface area contributed by atoms with Crippen LogP contribution in [0.5, 0.6) is 0 Å². The van der Waals surface area contributed by atoms with Crippen molar-refractivity contribution in [3.8, 4) is 0 Å². The zero-order valence-electron chi connectivity index (χ0n) is 8.89. The van der Waals surface area contributed by atoms with E-state index in [2.05, 4.69) is 10.3 Å². The van der Waals surface area contributed by atoms with E-state index in [9.17, 15) is 13.2 Å². The number of rotatable bonds is 2. The van der Waals surface area contributed by atoms with Gasteiger partial charge in [0.15, 0.2) is 9.84 Å². The van der Waals surface area contributed by atoms with Gasteiger partial charge in [0.1, 0.15) is 5.15 Å². The second-order valence-electron chi connectivity index (χ2n) is 3.92. The van der Waals surface area contributed by atoms with Gasteiger partial charge in [-0.15, -0.1) is 0 Å². The van der Waals surface area contributed by atoms with Crippen molar-refractivity contribution in [2.45, 2.75) is 12.5 Å². The molecule has 0 bridgehead atoms. The smallest absolute Gasteiger partial charge is 0.254 e. The minimum Gasteiger partial charge on any atom is -0.348 e. The first-order valence-corrected chi connectivity index (χ1v) is 7.30. The summed E-state index contributed by atoms with van der Waals surface area (Å²) >= 11 is 5.77. The van der Waals surface area contributed by atoms with Crippen molar-refractivity contribution >= 4 is 27.3 Å². The van der Waals surface area contributed by atoms with Crippen LogP contribution in [0.2, 0.25) is 5.15 Å². The lowest BCUT2D eigenvalue weighted by molar-refractivity contribution is 0.0941. The van der Waals surface area contributed by atoms with E-state index in [4.69, 9.17) is 11.6 Å². The lowest BCUT2D eigenvalue weighted by atomic mass is 10.2. The van der Waals surface area contributed by atoms with Gasteiger partial charge < -0.3 is 5.32 Å². The van der Waals surface area contributed by atoms with Gasteiger partial charge in [-0.05, 0) is 18.6 Å². The average Bonchev–Trinajstić information content (AvgIpc) is 2.58. The number of pyridine rings is 1. The Morgan fingerprint density at radius 1 is 1.53 bits per heavy atom. The molecule has 1 atom stereocenters. The van der Waals surface area contributed by atoms with Crippen LogP contribution in [-0.2, 0) is 9.84 Å². The lowest BCUT2D eigenvalue weighted by Crippen LogP contribution is -2.35. The first-order valence-electron chi connectivity index (χ1n) is 5.10. The third-order valence-corrected chi connectivity index (χ3v) is 4.64. The molecule has 2 rings (SSSR count). The summed E-state index contributed by atoms with van der Waals surface area (Å²) in [5, 5.41) is 2.77. The van der Waals surface area contributed by atoms with Gasteiger partial charge in [0.2, 0.25) is 0 Å². The Balaban J connectivity index is 2.06. The summed E-state index contributed by atoms with van der Waals surface area (Å²) in [6, 6.07) is 2.82. The molecule has 1 aromatic heterocycles. The van der Waals surface area contributed by atoms with Crippen LogP contribution in [0.4, 0.5) is 0 Å². The second-order valence-corrected chi connectivity index (χ2v) is 6.50. The summed E-state index contributed by atoms with van der Waals surface area (Å²) in [6.07, 6.45) is 1.94. The van der Waals surface area contributed by atoms with E-state index in [-0.39, 0.29) is 34.2 Å². The maximum absolute atomic E-state index is 11.8. The molecule has 1 aliphatic heterocycles. The molecule has 92 valence electrons. The number of sulfone groups is 1. The maximum atomic E-state index is 11.8. The van der Waals surface area contributed by atoms with Crippen molar-refractivity contribution in [3.63, 3.8) is 0 Å². The predicted molar refractivity (Wildman–Crippen MR) is 63.8 cm³/mol. The summed E-state index contributed by atoms with van der Waals surface area (Å²) in [5.41, 5.74) is 0.262. The van der Waals surface area contributed by atoms with Crippen molar-refractivity contribution < 1.29 is 13.2 Å². The molecule has 0 unspecified atom stereocenters. The maximum Gasteiger partial charge on any atom is 0.254 e. The van der Waals surface area contributed by atoms with Gasteiger partial charge in [0.25, 0.3) is 5.91 Å². The molecule has 1 N–H and O–H groups in total. The highest BCUT2D eigenvalue weighted by Gasteiger charge is 2.29. The molecule has 1 saturated heterocycles. The van der Waals surface area contributed by atoms with Crippen LogP contribution in [0.15, 0.2) is 18.3 Å². The molecule has 1 aromatic rings. The zero-order chi connectivity index (χ0) is 12.5. The van der Waals surface area contributed by atoms with E-state index in [1.165, 1.54) is 6.20 Å². The van der Waals surface area contributed by atoms with Gasteiger partial charge in [-0.1, -0.05) is 11.6 Å². The molecule has 7 heteroatoms. The number of hydrogen-bond donors (Lipinski definition) is 1. The summed E-state index contributed by atoms with van der Waals surface area (Å²) < 4.78 is 22.5. The van der Waals surface area contributed by atoms with E-state index in [0.29, 0.717) is 6.42 Å². The van der Waals surface area contributed by atoms with E-state index in [1.807, 2.05) is 0 Å². The van der Waals surface area contributed by atoms with Crippen LogP contribution in [0.3, 0.4) is 0 Å². The van der Waals surface area contributed by atoms with Crippen LogP contribution in [0.25, 0.3) is 0 Å². The Kier molecular flexibility index (Phi) is 3.35. The van der Waals surface area contributed by atoms with Crippen molar-refractivity contribution in [2.75, 3.05) is 11.5 Å². The molecule has 0 aromatic carbocycles. The normalized spacial score (nSPS) is 22.3. The number of aromatic nitrogens is 1. The molecule has 5 nitrogen and oxygen atoms in total. The SMILES string of the molecule is O=C(N[C@H]1CCS(=O)(=O)C1)c1cccnc1Cl. The van der Waals surface area contributed by atoms with E-state index < -0.39 is 9.84 Å². The van der Waals surface area contributed by atoms with Crippen LogP contribution in [0, 0.1) is 0 Å². The summed E-state index contributed by atoms with van der Waals surface area (Å²) in [4.78, 5) is 15.6. The van der Waals surface area contributed by atoms with Crippen LogP contribution in [0.1, 0.15) is 16.8 Å². The molecule has 2 heterocycles. The standard InChI is InChI=1S/C10H11ClN2O3S/c11-9-8(2-1-4-12-9)10(14)13-7-3-5-17(15,16)6-7/h1-2,4,7H,3,5-6H2,(H,13,14)/t7-/m0/s1. The molecular weight excluding hydrogens is 264 g/mol. The highest BCUT2D eigenvalue weighted by molar-refractivity contribution is 7.91. The molecule has 1 aliphatic rings. The Bertz CT molecular complexity index is 544. The van der Waals surface area contributed by atoms with Crippen molar-refractivity contribution in [1.29, 1.82) is 0 Å². The molecule has 0 spiro atoms. The van der Waals surface area contributed by atoms with Crippen LogP contribution in [-0.4, -0.2) is 36.9 Å². The summed E-state index contributed by atoms with van der Waals surface area (Å²) in [6.45, 7) is 0. The Labute approximate surface area is 104 Å². The minimum absolute atomic E-state index is 0.00335. The number of carbonyl (C=O) groups is 1. The quantitative estimate of drug-likeness (QED) is 0.804. The third kappa shape index (κ3) is 2.95. The van der Waals surface area contributed by atoms with Crippen LogP contribution < -0.4 is 5.32 Å². The van der Waals surface area contributed by atoms with Gasteiger partial charge in [0, 0.05) is 12.2 Å². The van der Waals surface area contributed by atoms with Crippen molar-refractivity contribution in [2.24, 2.45) is 0 Å². The highest BCUT2D eigenvalue weighted by atomic mass is 35.5. The summed E-state index contributed by atoms with van der Waals surface area (Å²) in [5.74, 6) is -0.264. The molecule has 0 saturated carbocycles. The van der Waals surface area contributed by atoms with Gasteiger partial charge in [-0.25, -0.2) is 13.4 Å². The zero-order valence-corrected chi connectivity index (χ0v) is 10.5. The number of hydrogen-bond acceptors (Lipinski definition) is 4. The van der Waals surface area contributed by atoms with E-state index >= 15 is 0 Å². The van der Waals surface area contributed by atoms with Crippen molar-refractivity contribution in [1.82, 2.24) is 10.3 Å². The third-order valence-electron chi connectivity index (χ3n) is 2.57. The fourth-order valence-corrected chi connectivity index (χ4v) is 3.61. The molecule has 1 fully saturated rings. The fraction of sp³-hybridized carbons (Fsp3) is 0.400. The number of nitrogens with zero attached hydrogens (tertiary/aromatic N) is 1. The molecule has 0 aliphatic carbocycles. The largest absolute Gasteiger partial charge is 0.348 e. The van der Waals surface area contributed by atoms with E-state index in [0.717, 1.165) is 0 Å². The Morgan fingerprint density at radius 3 is 2.88 bits per heavy atom. The van der Waals surface area contributed by atoms with E-state index in [1.54, 1.807) is 12.1 Å². The number of carbonyl (C=O) groups excluding carboxylic acids is 1. The Morgan fingerprint density at radius 2 is 2.29 bits per heavy atom. The van der Waals surface area contributed by atoms with Gasteiger partial charge >= 0.3 is 0 Å². The molecular formula is C10H11ClN2O3S. The minimum atomic E-state index is -3.00. The van der Waals surface area contributed by atoms with Gasteiger partial charge in [-0.2, -0.15) is 0 Å². The second kappa shape index (κ2) is 4.62. The monoisotopic (exact) mass is 274 g/mol. The fourth-order valence-electron chi connectivity index (χ4n) is 1.73. The molecule has 0 radical (unpaired) electrons. The Hall–Kier alpha value is -1.14. The van der Waals surface area contributed by atoms with Gasteiger partial charge in [-0.3, -0.25) is 4.79 Å². The first-order chi connectivity index (χ1) is 7.98. The first kappa shape index (κ1) is 12.3. The number of halogens is 1. The highest BCUT2D eigenvalue weighted by Crippen LogP contribution is 2.15. The topological polar surface area (TPSA) is 76.1 Å². The molecule has 1 amide bonds. The number of amides is 1. The van der Waals surface area contributed by atoms with Gasteiger partial charge in [0.05, 0.1) is 17.1 Å². The lowest BCUT2D eigenvalue weighted by Gasteiger charge is -2.10.